The number of rotatable bonds is 1. The fraction of sp³-hybridized carbons (Fsp3) is 0.385. The number of nitrogens with zero attached hydrogens (tertiary/aromatic N) is 2. The summed E-state index contributed by atoms with van der Waals surface area (Å²) in [6.07, 6.45) is 0.743. The maximum absolute atomic E-state index is 5.67. The first-order chi connectivity index (χ1) is 8.74. The Morgan fingerprint density at radius 2 is 1.94 bits per heavy atom. The second-order valence-electron chi connectivity index (χ2n) is 4.54. The monoisotopic (exact) mass is 245 g/mol. The predicted molar refractivity (Wildman–Crippen MR) is 69.4 cm³/mol. The number of hydrogen-bond acceptors (Lipinski definition) is 5. The summed E-state index contributed by atoms with van der Waals surface area (Å²) in [4.78, 5) is 0. The summed E-state index contributed by atoms with van der Waals surface area (Å²) in [7, 11) is 0. The summed E-state index contributed by atoms with van der Waals surface area (Å²) < 4.78 is 11.1. The smallest absolute Gasteiger partial charge is 0.162 e. The van der Waals surface area contributed by atoms with E-state index in [4.69, 9.17) is 15.2 Å². The average Bonchev–Trinajstić information content (AvgIpc) is 2.38. The molecule has 2 aliphatic rings. The first-order valence-corrected chi connectivity index (χ1v) is 6.04. The van der Waals surface area contributed by atoms with Gasteiger partial charge in [0.15, 0.2) is 11.5 Å². The summed E-state index contributed by atoms with van der Waals surface area (Å²) in [5.41, 5.74) is 7.64. The molecular weight excluding hydrogens is 230 g/mol. The first-order valence-electron chi connectivity index (χ1n) is 6.04. The van der Waals surface area contributed by atoms with Gasteiger partial charge in [0.2, 0.25) is 0 Å². The lowest BCUT2D eigenvalue weighted by molar-refractivity contribution is 0.171. The van der Waals surface area contributed by atoms with Crippen molar-refractivity contribution in [3.63, 3.8) is 0 Å². The highest BCUT2D eigenvalue weighted by molar-refractivity contribution is 6.06. The second-order valence-corrected chi connectivity index (χ2v) is 4.54. The van der Waals surface area contributed by atoms with Gasteiger partial charge in [0.25, 0.3) is 0 Å². The highest BCUT2D eigenvalue weighted by Gasteiger charge is 2.21. The molecule has 0 aromatic heterocycles. The van der Waals surface area contributed by atoms with Crippen LogP contribution in [-0.2, 0) is 0 Å². The lowest BCUT2D eigenvalue weighted by Gasteiger charge is -2.21. The fourth-order valence-electron chi connectivity index (χ4n) is 2.21. The predicted octanol–water partition coefficient (Wildman–Crippen LogP) is 1.56. The van der Waals surface area contributed by atoms with Crippen molar-refractivity contribution in [2.45, 2.75) is 13.3 Å². The van der Waals surface area contributed by atoms with Gasteiger partial charge < -0.3 is 15.2 Å². The van der Waals surface area contributed by atoms with Crippen molar-refractivity contribution in [1.82, 2.24) is 0 Å². The van der Waals surface area contributed by atoms with Crippen LogP contribution in [0.15, 0.2) is 28.4 Å². The third-order valence-electron chi connectivity index (χ3n) is 3.11. The number of benzene rings is 1. The molecule has 0 saturated heterocycles. The lowest BCUT2D eigenvalue weighted by Crippen LogP contribution is -2.25. The standard InChI is InChI=1S/C13H15N3O2/c1-8-6-12(14)15-16-13(8)9-2-3-10-11(7-9)18-5-4-17-10/h2-3,7-8H,4-6H2,1H3,(H2,14,15). The van der Waals surface area contributed by atoms with Crippen LogP contribution in [0, 0.1) is 5.92 Å². The number of hydrogen-bond donors (Lipinski definition) is 1. The van der Waals surface area contributed by atoms with Crippen molar-refractivity contribution in [3.05, 3.63) is 23.8 Å². The molecule has 0 amide bonds. The van der Waals surface area contributed by atoms with Crippen LogP contribution in [0.3, 0.4) is 0 Å². The van der Waals surface area contributed by atoms with Crippen LogP contribution >= 0.6 is 0 Å². The molecule has 1 unspecified atom stereocenters. The van der Waals surface area contributed by atoms with Gasteiger partial charge in [-0.15, -0.1) is 5.10 Å². The van der Waals surface area contributed by atoms with Crippen molar-refractivity contribution in [2.75, 3.05) is 13.2 Å². The van der Waals surface area contributed by atoms with Gasteiger partial charge in [0, 0.05) is 17.9 Å². The molecule has 2 aliphatic heterocycles. The topological polar surface area (TPSA) is 69.2 Å². The SMILES string of the molecule is CC1CC(N)=NN=C1c1ccc2c(c1)OCCO2. The van der Waals surface area contributed by atoms with Gasteiger partial charge in [0.05, 0.1) is 5.71 Å². The molecule has 18 heavy (non-hydrogen) atoms. The van der Waals surface area contributed by atoms with Gasteiger partial charge in [0.1, 0.15) is 19.0 Å². The quantitative estimate of drug-likeness (QED) is 0.816. The molecule has 1 aromatic rings. The van der Waals surface area contributed by atoms with Gasteiger partial charge >= 0.3 is 0 Å². The van der Waals surface area contributed by atoms with Gasteiger partial charge in [-0.3, -0.25) is 0 Å². The number of nitrogens with two attached hydrogens (primary N) is 1. The molecule has 3 rings (SSSR count). The van der Waals surface area contributed by atoms with Gasteiger partial charge in [-0.2, -0.15) is 5.10 Å². The molecule has 94 valence electrons. The zero-order valence-electron chi connectivity index (χ0n) is 10.2. The minimum Gasteiger partial charge on any atom is -0.486 e. The Morgan fingerprint density at radius 3 is 2.72 bits per heavy atom. The number of amidine groups is 1. The van der Waals surface area contributed by atoms with Crippen LogP contribution in [0.5, 0.6) is 11.5 Å². The molecule has 0 spiro atoms. The van der Waals surface area contributed by atoms with E-state index < -0.39 is 0 Å². The van der Waals surface area contributed by atoms with Crippen molar-refractivity contribution in [3.8, 4) is 11.5 Å². The third kappa shape index (κ3) is 1.92. The van der Waals surface area contributed by atoms with Crippen LogP contribution in [0.25, 0.3) is 0 Å². The molecule has 0 fully saturated rings. The minimum atomic E-state index is 0.269. The Hall–Kier alpha value is -2.04. The lowest BCUT2D eigenvalue weighted by atomic mass is 9.94. The molecule has 1 atom stereocenters. The summed E-state index contributed by atoms with van der Waals surface area (Å²) in [5, 5.41) is 8.15. The summed E-state index contributed by atoms with van der Waals surface area (Å²) >= 11 is 0. The van der Waals surface area contributed by atoms with Crippen LogP contribution in [0.1, 0.15) is 18.9 Å². The van der Waals surface area contributed by atoms with E-state index >= 15 is 0 Å². The molecule has 1 aromatic carbocycles. The number of fused-ring (bicyclic) bond motifs is 1. The molecule has 0 bridgehead atoms. The molecular formula is C13H15N3O2. The summed E-state index contributed by atoms with van der Waals surface area (Å²) in [6, 6.07) is 5.86. The van der Waals surface area contributed by atoms with Gasteiger partial charge in [-0.25, -0.2) is 0 Å². The average molecular weight is 245 g/mol. The molecule has 2 N–H and O–H groups in total. The fourth-order valence-corrected chi connectivity index (χ4v) is 2.21. The van der Waals surface area contributed by atoms with Crippen molar-refractivity contribution in [1.29, 1.82) is 0 Å². The van der Waals surface area contributed by atoms with E-state index in [0.717, 1.165) is 29.2 Å². The zero-order chi connectivity index (χ0) is 12.5. The summed E-state index contributed by atoms with van der Waals surface area (Å²) in [6.45, 7) is 3.28. The van der Waals surface area contributed by atoms with Crippen molar-refractivity contribution in [2.24, 2.45) is 21.9 Å². The Balaban J connectivity index is 1.97. The van der Waals surface area contributed by atoms with Crippen molar-refractivity contribution < 1.29 is 9.47 Å². The maximum atomic E-state index is 5.67. The minimum absolute atomic E-state index is 0.269. The second kappa shape index (κ2) is 4.33. The van der Waals surface area contributed by atoms with Crippen LogP contribution < -0.4 is 15.2 Å². The Kier molecular flexibility index (Phi) is 2.66. The first kappa shape index (κ1) is 11.1. The van der Waals surface area contributed by atoms with E-state index in [-0.39, 0.29) is 5.92 Å². The van der Waals surface area contributed by atoms with E-state index in [0.29, 0.717) is 19.0 Å². The van der Waals surface area contributed by atoms with E-state index in [1.54, 1.807) is 0 Å². The summed E-state index contributed by atoms with van der Waals surface area (Å²) in [5.74, 6) is 2.42. The van der Waals surface area contributed by atoms with E-state index in [2.05, 4.69) is 17.1 Å². The third-order valence-corrected chi connectivity index (χ3v) is 3.11. The van der Waals surface area contributed by atoms with E-state index in [9.17, 15) is 0 Å². The zero-order valence-corrected chi connectivity index (χ0v) is 10.2. The largest absolute Gasteiger partial charge is 0.486 e. The van der Waals surface area contributed by atoms with E-state index in [1.165, 1.54) is 0 Å². The maximum Gasteiger partial charge on any atom is 0.162 e. The molecule has 0 saturated carbocycles. The molecule has 2 heterocycles. The van der Waals surface area contributed by atoms with Gasteiger partial charge in [-0.05, 0) is 18.2 Å². The highest BCUT2D eigenvalue weighted by atomic mass is 16.6. The highest BCUT2D eigenvalue weighted by Crippen LogP contribution is 2.32. The van der Waals surface area contributed by atoms with E-state index in [1.807, 2.05) is 18.2 Å². The molecule has 5 heteroatoms. The van der Waals surface area contributed by atoms with Gasteiger partial charge in [-0.1, -0.05) is 6.92 Å². The molecule has 0 radical (unpaired) electrons. The van der Waals surface area contributed by atoms with Crippen molar-refractivity contribution >= 4 is 11.5 Å². The Labute approximate surface area is 105 Å². The Bertz CT molecular complexity index is 537. The van der Waals surface area contributed by atoms with Crippen LogP contribution in [0.4, 0.5) is 0 Å². The molecule has 5 nitrogen and oxygen atoms in total. The normalized spacial score (nSPS) is 22.2. The van der Waals surface area contributed by atoms with Crippen LogP contribution in [0.2, 0.25) is 0 Å². The van der Waals surface area contributed by atoms with Crippen LogP contribution in [-0.4, -0.2) is 24.8 Å². The Morgan fingerprint density at radius 1 is 1.17 bits per heavy atom. The molecule has 0 aliphatic carbocycles. The number of ether oxygens (including phenoxy) is 2.